The van der Waals surface area contributed by atoms with Gasteiger partial charge in [0.05, 0.1) is 0 Å². The van der Waals surface area contributed by atoms with Crippen LogP contribution in [-0.4, -0.2) is 17.4 Å². The van der Waals surface area contributed by atoms with Gasteiger partial charge in [-0.2, -0.15) is 0 Å². The summed E-state index contributed by atoms with van der Waals surface area (Å²) in [7, 11) is 0. The molecular weight excluding hydrogens is 417 g/mol. The summed E-state index contributed by atoms with van der Waals surface area (Å²) < 4.78 is 0. The van der Waals surface area contributed by atoms with Crippen LogP contribution in [0.4, 0.5) is 17.1 Å². The molecule has 0 fully saturated rings. The molecule has 31 heavy (non-hydrogen) atoms. The van der Waals surface area contributed by atoms with Crippen LogP contribution in [0.3, 0.4) is 0 Å². The molecule has 0 aromatic heterocycles. The van der Waals surface area contributed by atoms with Crippen LogP contribution < -0.4 is 15.3 Å². The van der Waals surface area contributed by atoms with Crippen molar-refractivity contribution in [1.82, 2.24) is 0 Å². The predicted molar refractivity (Wildman–Crippen MR) is 114 cm³/mol. The van der Waals surface area contributed by atoms with E-state index >= 15 is 0 Å². The monoisotopic (exact) mass is 435 g/mol. The summed E-state index contributed by atoms with van der Waals surface area (Å²) in [6, 6.07) is 12.4. The number of nitrogens with zero attached hydrogens (tertiary/aromatic N) is 3. The van der Waals surface area contributed by atoms with Crippen LogP contribution in [0.25, 0.3) is 0 Å². The van der Waals surface area contributed by atoms with E-state index in [9.17, 15) is 30.0 Å². The summed E-state index contributed by atoms with van der Waals surface area (Å²) >= 11 is 0. The smallest absolute Gasteiger partial charge is 0.872 e. The summed E-state index contributed by atoms with van der Waals surface area (Å²) in [6.07, 6.45) is 0. The maximum absolute atomic E-state index is 10.6. The molecule has 0 saturated heterocycles. The first-order valence-corrected chi connectivity index (χ1v) is 8.55. The van der Waals surface area contributed by atoms with Crippen LogP contribution in [0.2, 0.25) is 0 Å². The van der Waals surface area contributed by atoms with Gasteiger partial charge in [-0.05, 0) is 71.2 Å². The molecule has 0 heterocycles. The third-order valence-corrected chi connectivity index (χ3v) is 3.80. The van der Waals surface area contributed by atoms with Gasteiger partial charge in [0.2, 0.25) is 0 Å². The molecule has 0 bridgehead atoms. The van der Waals surface area contributed by atoms with Gasteiger partial charge in [0.1, 0.15) is 17.1 Å². The van der Waals surface area contributed by atoms with E-state index in [4.69, 9.17) is 0 Å². The van der Waals surface area contributed by atoms with Gasteiger partial charge in [0.15, 0.2) is 0 Å². The summed E-state index contributed by atoms with van der Waals surface area (Å²) in [5.74, 6) is -0.278. The Kier molecular flexibility index (Phi) is 12.0. The Morgan fingerprint density at radius 3 is 0.903 bits per heavy atom. The Morgan fingerprint density at radius 2 is 0.742 bits per heavy atom. The van der Waals surface area contributed by atoms with Gasteiger partial charge < -0.3 is 15.3 Å². The zero-order chi connectivity index (χ0) is 22.7. The molecule has 156 valence electrons. The van der Waals surface area contributed by atoms with E-state index < -0.39 is 0 Å². The van der Waals surface area contributed by atoms with Crippen molar-refractivity contribution in [3.8, 4) is 17.2 Å². The van der Waals surface area contributed by atoms with Crippen LogP contribution >= 0.6 is 0 Å². The molecule has 3 aromatic rings. The minimum atomic E-state index is -0.0927. The summed E-state index contributed by atoms with van der Waals surface area (Å²) in [5, 5.41) is 40.0. The first kappa shape index (κ1) is 27.4. The van der Waals surface area contributed by atoms with E-state index in [0.717, 1.165) is 0 Å². The zero-order valence-corrected chi connectivity index (χ0v) is 18.2. The molecule has 0 amide bonds. The topological polar surface area (TPSA) is 157 Å². The molecule has 3 aromatic carbocycles. The first-order valence-electron chi connectivity index (χ1n) is 8.55. The van der Waals surface area contributed by atoms with Crippen molar-refractivity contribution in [2.45, 2.75) is 20.8 Å². The van der Waals surface area contributed by atoms with Crippen molar-refractivity contribution < 1.29 is 15.3 Å². The molecule has 0 aliphatic heterocycles. The fourth-order valence-electron chi connectivity index (χ4n) is 2.19. The van der Waals surface area contributed by atoms with Crippen molar-refractivity contribution in [3.63, 3.8) is 0 Å². The third-order valence-electron chi connectivity index (χ3n) is 3.80. The van der Waals surface area contributed by atoms with E-state index in [1.165, 1.54) is 54.6 Å². The van der Waals surface area contributed by atoms with E-state index in [-0.39, 0.29) is 34.6 Å². The zero-order valence-electron chi connectivity index (χ0n) is 17.1. The summed E-state index contributed by atoms with van der Waals surface area (Å²) in [5.41, 5.74) is 2.88. The van der Waals surface area contributed by atoms with Crippen molar-refractivity contribution in [1.29, 1.82) is 0 Å². The van der Waals surface area contributed by atoms with Crippen molar-refractivity contribution in [2.24, 2.45) is 15.5 Å². The van der Waals surface area contributed by atoms with Gasteiger partial charge in [-0.25, -0.2) is 0 Å². The van der Waals surface area contributed by atoms with Crippen LogP contribution in [0.5, 0.6) is 17.2 Å². The SMILES string of the molecule is Cc1cc([O-])ccc1N=O.Cc1cc([O-])ccc1N=O.Cc1cc([O-])ccc1N=O.[Al+3]. The van der Waals surface area contributed by atoms with E-state index in [0.29, 0.717) is 33.8 Å². The number of hydrogen-bond donors (Lipinski definition) is 0. The van der Waals surface area contributed by atoms with Gasteiger partial charge in [-0.3, -0.25) is 0 Å². The van der Waals surface area contributed by atoms with E-state index in [1.54, 1.807) is 20.8 Å². The molecular formula is C21H18AlN3O6. The Labute approximate surface area is 189 Å². The minimum Gasteiger partial charge on any atom is -0.872 e. The molecule has 10 heteroatoms. The molecule has 0 N–H and O–H groups in total. The van der Waals surface area contributed by atoms with Gasteiger partial charge in [-0.15, -0.1) is 32.0 Å². The molecule has 9 nitrogen and oxygen atoms in total. The minimum absolute atomic E-state index is 0. The van der Waals surface area contributed by atoms with Crippen LogP contribution in [-0.2, 0) is 0 Å². The molecule has 0 saturated carbocycles. The molecule has 0 atom stereocenters. The van der Waals surface area contributed by atoms with Crippen LogP contribution in [0.1, 0.15) is 16.7 Å². The third kappa shape index (κ3) is 9.17. The molecule has 3 rings (SSSR count). The quantitative estimate of drug-likeness (QED) is 0.446. The predicted octanol–water partition coefficient (Wildman–Crippen LogP) is 4.02. The average molecular weight is 435 g/mol. The van der Waals surface area contributed by atoms with Crippen LogP contribution in [0.15, 0.2) is 70.1 Å². The number of rotatable bonds is 3. The molecule has 0 spiro atoms. The Balaban J connectivity index is 0.000000429. The van der Waals surface area contributed by atoms with Gasteiger partial charge in [-0.1, -0.05) is 36.4 Å². The maximum Gasteiger partial charge on any atom is 3.00 e. The fourth-order valence-corrected chi connectivity index (χ4v) is 2.19. The first-order chi connectivity index (χ1) is 14.2. The van der Waals surface area contributed by atoms with Gasteiger partial charge >= 0.3 is 17.4 Å². The largest absolute Gasteiger partial charge is 3.00 e. The number of hydrogen-bond acceptors (Lipinski definition) is 9. The van der Waals surface area contributed by atoms with Crippen molar-refractivity contribution in [2.75, 3.05) is 0 Å². The molecule has 0 aliphatic carbocycles. The van der Waals surface area contributed by atoms with E-state index in [2.05, 4.69) is 15.5 Å². The normalized spacial score (nSPS) is 9.00. The number of nitroso groups, excluding NO2 is 3. The number of benzene rings is 3. The fraction of sp³-hybridized carbons (Fsp3) is 0.143. The van der Waals surface area contributed by atoms with Crippen molar-refractivity contribution in [3.05, 3.63) is 86.0 Å². The Morgan fingerprint density at radius 1 is 0.516 bits per heavy atom. The second-order valence-electron chi connectivity index (χ2n) is 6.12. The molecule has 0 unspecified atom stereocenters. The van der Waals surface area contributed by atoms with Crippen molar-refractivity contribution >= 4 is 34.4 Å². The van der Waals surface area contributed by atoms with E-state index in [1.807, 2.05) is 0 Å². The Hall–Kier alpha value is -3.61. The molecule has 0 radical (unpaired) electrons. The van der Waals surface area contributed by atoms with Gasteiger partial charge in [0.25, 0.3) is 0 Å². The molecule has 0 aliphatic rings. The summed E-state index contributed by atoms with van der Waals surface area (Å²) in [6.45, 7) is 5.04. The maximum atomic E-state index is 10.6. The van der Waals surface area contributed by atoms with Gasteiger partial charge in [0, 0.05) is 0 Å². The Bertz CT molecular complexity index is 912. The second kappa shape index (κ2) is 13.6. The standard InChI is InChI=1S/3C7H7NO2.Al/c3*1-5-4-6(9)2-3-7(5)8-10;/h3*2-4,9H,1H3;/q;;;+3/p-3. The average Bonchev–Trinajstić information content (AvgIpc) is 2.69. The summed E-state index contributed by atoms with van der Waals surface area (Å²) in [4.78, 5) is 30.0. The van der Waals surface area contributed by atoms with Crippen LogP contribution in [0, 0.1) is 35.5 Å². The number of aryl methyl sites for hydroxylation is 3. The second-order valence-corrected chi connectivity index (χ2v) is 6.12.